The highest BCUT2D eigenvalue weighted by Crippen LogP contribution is 2.16. The fourth-order valence-corrected chi connectivity index (χ4v) is 2.69. The Morgan fingerprint density at radius 1 is 1.04 bits per heavy atom. The van der Waals surface area contributed by atoms with Crippen molar-refractivity contribution < 1.29 is 0 Å². The SMILES string of the molecule is Cc1nc(-c2ccc(CN(C)Cc3ccccn3)cc2)[nH]c(=O)c1C. The van der Waals surface area contributed by atoms with Crippen LogP contribution >= 0.6 is 0 Å². The van der Waals surface area contributed by atoms with Gasteiger partial charge < -0.3 is 4.98 Å². The fraction of sp³-hybridized carbons (Fsp3) is 0.250. The molecule has 3 aromatic rings. The molecule has 2 aromatic heterocycles. The monoisotopic (exact) mass is 334 g/mol. The van der Waals surface area contributed by atoms with E-state index >= 15 is 0 Å². The Morgan fingerprint density at radius 2 is 1.80 bits per heavy atom. The smallest absolute Gasteiger partial charge is 0.254 e. The fourth-order valence-electron chi connectivity index (χ4n) is 2.69. The molecule has 0 aliphatic heterocycles. The summed E-state index contributed by atoms with van der Waals surface area (Å²) in [6.45, 7) is 5.27. The zero-order chi connectivity index (χ0) is 17.8. The number of hydrogen-bond acceptors (Lipinski definition) is 4. The van der Waals surface area contributed by atoms with Crippen molar-refractivity contribution >= 4 is 0 Å². The van der Waals surface area contributed by atoms with E-state index in [9.17, 15) is 4.79 Å². The van der Waals surface area contributed by atoms with Gasteiger partial charge in [-0.05, 0) is 38.6 Å². The Balaban J connectivity index is 1.71. The van der Waals surface area contributed by atoms with Gasteiger partial charge >= 0.3 is 0 Å². The molecule has 0 radical (unpaired) electrons. The minimum absolute atomic E-state index is 0.0818. The van der Waals surface area contributed by atoms with Gasteiger partial charge in [0.05, 0.1) is 5.69 Å². The molecule has 0 spiro atoms. The zero-order valence-corrected chi connectivity index (χ0v) is 14.8. The van der Waals surface area contributed by atoms with E-state index in [1.54, 1.807) is 6.92 Å². The summed E-state index contributed by atoms with van der Waals surface area (Å²) >= 11 is 0. The largest absolute Gasteiger partial charge is 0.306 e. The summed E-state index contributed by atoms with van der Waals surface area (Å²) in [5.41, 5.74) is 4.51. The molecule has 5 heteroatoms. The summed E-state index contributed by atoms with van der Waals surface area (Å²) in [7, 11) is 2.07. The first-order valence-electron chi connectivity index (χ1n) is 8.28. The molecule has 128 valence electrons. The molecule has 0 bridgehead atoms. The number of rotatable bonds is 5. The number of benzene rings is 1. The van der Waals surface area contributed by atoms with Gasteiger partial charge in [-0.2, -0.15) is 0 Å². The van der Waals surface area contributed by atoms with E-state index in [4.69, 9.17) is 0 Å². The number of nitrogens with one attached hydrogen (secondary N) is 1. The first kappa shape index (κ1) is 17.0. The van der Waals surface area contributed by atoms with Gasteiger partial charge in [0.1, 0.15) is 5.82 Å². The molecule has 0 atom stereocenters. The molecule has 0 saturated carbocycles. The molecule has 3 rings (SSSR count). The maximum absolute atomic E-state index is 11.9. The van der Waals surface area contributed by atoms with Crippen molar-refractivity contribution in [1.29, 1.82) is 0 Å². The van der Waals surface area contributed by atoms with Crippen LogP contribution in [-0.2, 0) is 13.1 Å². The Kier molecular flexibility index (Phi) is 5.05. The van der Waals surface area contributed by atoms with Crippen LogP contribution in [0.5, 0.6) is 0 Å². The second kappa shape index (κ2) is 7.40. The summed E-state index contributed by atoms with van der Waals surface area (Å²) < 4.78 is 0. The molecule has 0 saturated heterocycles. The molecule has 0 aliphatic rings. The molecule has 1 N–H and O–H groups in total. The van der Waals surface area contributed by atoms with Crippen molar-refractivity contribution in [3.63, 3.8) is 0 Å². The van der Waals surface area contributed by atoms with Gasteiger partial charge in [0.2, 0.25) is 0 Å². The van der Waals surface area contributed by atoms with E-state index < -0.39 is 0 Å². The summed E-state index contributed by atoms with van der Waals surface area (Å²) in [4.78, 5) is 25.8. The third-order valence-corrected chi connectivity index (χ3v) is 4.23. The van der Waals surface area contributed by atoms with Crippen LogP contribution in [-0.4, -0.2) is 26.9 Å². The quantitative estimate of drug-likeness (QED) is 0.779. The zero-order valence-electron chi connectivity index (χ0n) is 14.8. The van der Waals surface area contributed by atoms with E-state index in [0.717, 1.165) is 30.0 Å². The summed E-state index contributed by atoms with van der Waals surface area (Å²) in [5, 5.41) is 0. The van der Waals surface area contributed by atoms with Gasteiger partial charge in [-0.25, -0.2) is 4.98 Å². The van der Waals surface area contributed by atoms with Crippen molar-refractivity contribution in [2.75, 3.05) is 7.05 Å². The summed E-state index contributed by atoms with van der Waals surface area (Å²) in [6, 6.07) is 14.1. The van der Waals surface area contributed by atoms with E-state index in [2.05, 4.69) is 39.0 Å². The lowest BCUT2D eigenvalue weighted by molar-refractivity contribution is 0.315. The van der Waals surface area contributed by atoms with Crippen LogP contribution in [0.2, 0.25) is 0 Å². The number of hydrogen-bond donors (Lipinski definition) is 1. The normalized spacial score (nSPS) is 11.0. The first-order valence-corrected chi connectivity index (χ1v) is 8.28. The highest BCUT2D eigenvalue weighted by Gasteiger charge is 2.07. The lowest BCUT2D eigenvalue weighted by atomic mass is 10.1. The number of H-pyrrole nitrogens is 1. The maximum atomic E-state index is 11.9. The highest BCUT2D eigenvalue weighted by atomic mass is 16.1. The van der Waals surface area contributed by atoms with Crippen molar-refractivity contribution in [2.24, 2.45) is 0 Å². The van der Waals surface area contributed by atoms with Gasteiger partial charge in [-0.3, -0.25) is 14.7 Å². The lowest BCUT2D eigenvalue weighted by Crippen LogP contribution is -2.18. The number of pyridine rings is 1. The van der Waals surface area contributed by atoms with Crippen LogP contribution in [0.25, 0.3) is 11.4 Å². The molecule has 25 heavy (non-hydrogen) atoms. The maximum Gasteiger partial charge on any atom is 0.254 e. The highest BCUT2D eigenvalue weighted by molar-refractivity contribution is 5.55. The average Bonchev–Trinajstić information content (AvgIpc) is 2.60. The third-order valence-electron chi connectivity index (χ3n) is 4.23. The topological polar surface area (TPSA) is 61.9 Å². The van der Waals surface area contributed by atoms with Crippen LogP contribution in [0.1, 0.15) is 22.5 Å². The van der Waals surface area contributed by atoms with Crippen molar-refractivity contribution in [3.05, 3.63) is 81.5 Å². The van der Waals surface area contributed by atoms with Crippen molar-refractivity contribution in [2.45, 2.75) is 26.9 Å². The van der Waals surface area contributed by atoms with Crippen LogP contribution in [0.3, 0.4) is 0 Å². The van der Waals surface area contributed by atoms with Crippen molar-refractivity contribution in [1.82, 2.24) is 19.9 Å². The Morgan fingerprint density at radius 3 is 2.44 bits per heavy atom. The average molecular weight is 334 g/mol. The second-order valence-electron chi connectivity index (χ2n) is 6.32. The predicted octanol–water partition coefficient (Wildman–Crippen LogP) is 3.08. The Bertz CT molecular complexity index is 901. The standard InChI is InChI=1S/C20H22N4O/c1-14-15(2)22-19(23-20(14)25)17-9-7-16(8-10-17)12-24(3)13-18-6-4-5-11-21-18/h4-11H,12-13H2,1-3H3,(H,22,23,25). The summed E-state index contributed by atoms with van der Waals surface area (Å²) in [6.07, 6.45) is 1.81. The summed E-state index contributed by atoms with van der Waals surface area (Å²) in [5.74, 6) is 0.612. The van der Waals surface area contributed by atoms with E-state index in [0.29, 0.717) is 11.4 Å². The molecule has 2 heterocycles. The van der Waals surface area contributed by atoms with Crippen LogP contribution in [0.15, 0.2) is 53.5 Å². The number of aromatic amines is 1. The van der Waals surface area contributed by atoms with E-state index in [1.165, 1.54) is 5.56 Å². The lowest BCUT2D eigenvalue weighted by Gasteiger charge is -2.16. The van der Waals surface area contributed by atoms with Crippen molar-refractivity contribution in [3.8, 4) is 11.4 Å². The van der Waals surface area contributed by atoms with Gasteiger partial charge in [-0.1, -0.05) is 30.3 Å². The predicted molar refractivity (Wildman–Crippen MR) is 99.2 cm³/mol. The van der Waals surface area contributed by atoms with Gasteiger partial charge in [0, 0.05) is 36.1 Å². The number of aromatic nitrogens is 3. The number of nitrogens with zero attached hydrogens (tertiary/aromatic N) is 3. The Hall–Kier alpha value is -2.79. The van der Waals surface area contributed by atoms with Gasteiger partial charge in [0.15, 0.2) is 0 Å². The molecule has 5 nitrogen and oxygen atoms in total. The van der Waals surface area contributed by atoms with Crippen LogP contribution in [0, 0.1) is 13.8 Å². The van der Waals surface area contributed by atoms with Crippen LogP contribution < -0.4 is 5.56 Å². The van der Waals surface area contributed by atoms with Gasteiger partial charge in [0.25, 0.3) is 5.56 Å². The number of aryl methyl sites for hydroxylation is 1. The van der Waals surface area contributed by atoms with E-state index in [1.807, 2.05) is 43.5 Å². The third kappa shape index (κ3) is 4.19. The molecule has 0 aliphatic carbocycles. The first-order chi connectivity index (χ1) is 12.0. The second-order valence-corrected chi connectivity index (χ2v) is 6.32. The minimum Gasteiger partial charge on any atom is -0.306 e. The van der Waals surface area contributed by atoms with Gasteiger partial charge in [-0.15, -0.1) is 0 Å². The van der Waals surface area contributed by atoms with E-state index in [-0.39, 0.29) is 5.56 Å². The molecule has 0 amide bonds. The molecular weight excluding hydrogens is 312 g/mol. The Labute approximate surface area is 147 Å². The minimum atomic E-state index is -0.0818. The molecular formula is C20H22N4O. The molecule has 0 fully saturated rings. The van der Waals surface area contributed by atoms with Crippen LogP contribution in [0.4, 0.5) is 0 Å². The molecule has 1 aromatic carbocycles. The molecule has 0 unspecified atom stereocenters.